The van der Waals surface area contributed by atoms with Gasteiger partial charge in [-0.2, -0.15) is 5.26 Å². The first-order valence-electron chi connectivity index (χ1n) is 10.5. The highest BCUT2D eigenvalue weighted by molar-refractivity contribution is 7.92. The zero-order chi connectivity index (χ0) is 24.8. The van der Waals surface area contributed by atoms with Crippen molar-refractivity contribution in [2.75, 3.05) is 17.5 Å². The Balaban J connectivity index is 2.23. The summed E-state index contributed by atoms with van der Waals surface area (Å²) in [5, 5.41) is 11.9. The number of aryl methyl sites for hydroxylation is 1. The van der Waals surface area contributed by atoms with Crippen molar-refractivity contribution < 1.29 is 22.7 Å². The van der Waals surface area contributed by atoms with Gasteiger partial charge in [-0.25, -0.2) is 13.2 Å². The van der Waals surface area contributed by atoms with E-state index in [2.05, 4.69) is 5.32 Å². The third-order valence-electron chi connectivity index (χ3n) is 5.44. The van der Waals surface area contributed by atoms with Crippen LogP contribution < -0.4 is 9.62 Å². The summed E-state index contributed by atoms with van der Waals surface area (Å²) < 4.78 is 33.0. The molecule has 2 aromatic carbocycles. The lowest BCUT2D eigenvalue weighted by atomic mass is 9.90. The molecule has 0 saturated heterocycles. The zero-order valence-electron chi connectivity index (χ0n) is 19.5. The summed E-state index contributed by atoms with van der Waals surface area (Å²) in [4.78, 5) is 24.7. The molecule has 0 bridgehead atoms. The first-order valence-corrected chi connectivity index (χ1v) is 12.0. The van der Waals surface area contributed by atoms with Crippen molar-refractivity contribution in [3.05, 3.63) is 59.7 Å². The van der Waals surface area contributed by atoms with Crippen molar-refractivity contribution in [3.8, 4) is 6.07 Å². The van der Waals surface area contributed by atoms with Crippen LogP contribution in [0.3, 0.4) is 0 Å². The van der Waals surface area contributed by atoms with Crippen LogP contribution in [0.25, 0.3) is 0 Å². The Morgan fingerprint density at radius 2 is 1.82 bits per heavy atom. The van der Waals surface area contributed by atoms with Crippen LogP contribution in [0.5, 0.6) is 0 Å². The minimum absolute atomic E-state index is 0.00277. The minimum atomic E-state index is -3.95. The molecule has 0 radical (unpaired) electrons. The fourth-order valence-corrected chi connectivity index (χ4v) is 4.78. The van der Waals surface area contributed by atoms with E-state index in [-0.39, 0.29) is 22.9 Å². The van der Waals surface area contributed by atoms with Gasteiger partial charge in [0, 0.05) is 6.54 Å². The van der Waals surface area contributed by atoms with Gasteiger partial charge in [0.15, 0.2) is 6.61 Å². The molecule has 8 nitrogen and oxygen atoms in total. The number of benzene rings is 2. The van der Waals surface area contributed by atoms with Crippen LogP contribution in [-0.2, 0) is 19.6 Å². The number of para-hydroxylation sites is 1. The summed E-state index contributed by atoms with van der Waals surface area (Å²) in [6.07, 6.45) is 0. The molecule has 0 aliphatic rings. The predicted molar refractivity (Wildman–Crippen MR) is 125 cm³/mol. The summed E-state index contributed by atoms with van der Waals surface area (Å²) in [6.45, 7) is 8.14. The molecule has 1 atom stereocenters. The largest absolute Gasteiger partial charge is 0.452 e. The summed E-state index contributed by atoms with van der Waals surface area (Å²) in [7, 11) is -3.95. The van der Waals surface area contributed by atoms with Gasteiger partial charge in [0.2, 0.25) is 0 Å². The normalized spacial score (nSPS) is 13.0. The second-order valence-electron chi connectivity index (χ2n) is 8.08. The minimum Gasteiger partial charge on any atom is -0.452 e. The number of carbonyl (C=O) groups excluding carboxylic acids is 2. The molecule has 1 amide bonds. The van der Waals surface area contributed by atoms with Gasteiger partial charge in [-0.1, -0.05) is 38.1 Å². The predicted octanol–water partition coefficient (Wildman–Crippen LogP) is 3.42. The molecule has 2 rings (SSSR count). The Labute approximate surface area is 195 Å². The number of amides is 1. The fraction of sp³-hybridized carbons (Fsp3) is 0.375. The van der Waals surface area contributed by atoms with Crippen molar-refractivity contribution in [2.45, 2.75) is 45.1 Å². The lowest BCUT2D eigenvalue weighted by Gasteiger charge is -2.27. The molecule has 1 unspecified atom stereocenters. The Hall–Kier alpha value is -3.38. The molecule has 9 heteroatoms. The molecule has 0 saturated carbocycles. The van der Waals surface area contributed by atoms with Crippen LogP contribution >= 0.6 is 0 Å². The summed E-state index contributed by atoms with van der Waals surface area (Å²) in [5.74, 6) is -1.62. The molecule has 0 aliphatic heterocycles. The number of esters is 1. The molecule has 0 aliphatic carbocycles. The lowest BCUT2D eigenvalue weighted by molar-refractivity contribution is -0.125. The number of sulfonamides is 1. The van der Waals surface area contributed by atoms with Gasteiger partial charge in [0.05, 0.1) is 22.2 Å². The van der Waals surface area contributed by atoms with Crippen LogP contribution in [0.2, 0.25) is 0 Å². The summed E-state index contributed by atoms with van der Waals surface area (Å²) >= 11 is 0. The molecule has 2 aromatic rings. The fourth-order valence-electron chi connectivity index (χ4n) is 3.05. The average Bonchev–Trinajstić information content (AvgIpc) is 2.78. The second-order valence-corrected chi connectivity index (χ2v) is 9.91. The molecular weight excluding hydrogens is 442 g/mol. The Morgan fingerprint density at radius 1 is 1.18 bits per heavy atom. The number of carbonyl (C=O) groups is 2. The Bertz CT molecular complexity index is 1160. The van der Waals surface area contributed by atoms with E-state index in [1.165, 1.54) is 22.5 Å². The Kier molecular flexibility index (Phi) is 8.23. The van der Waals surface area contributed by atoms with E-state index in [4.69, 9.17) is 4.74 Å². The molecule has 0 heterocycles. The van der Waals surface area contributed by atoms with E-state index in [0.717, 1.165) is 0 Å². The van der Waals surface area contributed by atoms with E-state index < -0.39 is 34.0 Å². The van der Waals surface area contributed by atoms with Gasteiger partial charge in [-0.15, -0.1) is 0 Å². The standard InChI is InChI=1S/C24H29N3O5S/c1-6-27(20-10-8-7-9-11-20)33(30,31)21-14-19(13-12-18(21)4)23(29)32-15-22(28)26-24(5,16-25)17(2)3/h7-14,17H,6,15H2,1-5H3,(H,26,28). The van der Waals surface area contributed by atoms with Crippen molar-refractivity contribution in [1.29, 1.82) is 5.26 Å². The summed E-state index contributed by atoms with van der Waals surface area (Å²) in [5.41, 5.74) is -0.117. The van der Waals surface area contributed by atoms with E-state index in [0.29, 0.717) is 11.3 Å². The highest BCUT2D eigenvalue weighted by Gasteiger charge is 2.30. The number of hydrogen-bond donors (Lipinski definition) is 1. The molecule has 176 valence electrons. The molecule has 0 spiro atoms. The first kappa shape index (κ1) is 25.9. The van der Waals surface area contributed by atoms with Gasteiger partial charge >= 0.3 is 5.97 Å². The molecule has 1 N–H and O–H groups in total. The van der Waals surface area contributed by atoms with Crippen molar-refractivity contribution in [1.82, 2.24) is 5.32 Å². The number of nitrogens with zero attached hydrogens (tertiary/aromatic N) is 2. The first-order chi connectivity index (χ1) is 15.5. The maximum absolute atomic E-state index is 13.4. The van der Waals surface area contributed by atoms with Gasteiger partial charge in [0.1, 0.15) is 5.54 Å². The summed E-state index contributed by atoms with van der Waals surface area (Å²) in [6, 6.07) is 14.9. The van der Waals surface area contributed by atoms with E-state index in [1.807, 2.05) is 6.07 Å². The monoisotopic (exact) mass is 471 g/mol. The Morgan fingerprint density at radius 3 is 2.36 bits per heavy atom. The third kappa shape index (κ3) is 5.90. The van der Waals surface area contributed by atoms with Crippen LogP contribution in [0.4, 0.5) is 5.69 Å². The van der Waals surface area contributed by atoms with E-state index >= 15 is 0 Å². The maximum atomic E-state index is 13.4. The smallest absolute Gasteiger partial charge is 0.338 e. The van der Waals surface area contributed by atoms with Gasteiger partial charge in [-0.3, -0.25) is 9.10 Å². The van der Waals surface area contributed by atoms with Gasteiger partial charge in [-0.05, 0) is 56.5 Å². The quantitative estimate of drug-likeness (QED) is 0.560. The van der Waals surface area contributed by atoms with E-state index in [1.54, 1.807) is 65.0 Å². The molecule has 0 aromatic heterocycles. The van der Waals surface area contributed by atoms with Crippen LogP contribution in [0, 0.1) is 24.2 Å². The van der Waals surface area contributed by atoms with Crippen LogP contribution in [0.15, 0.2) is 53.4 Å². The van der Waals surface area contributed by atoms with E-state index in [9.17, 15) is 23.3 Å². The molecule has 33 heavy (non-hydrogen) atoms. The number of nitriles is 1. The number of anilines is 1. The number of rotatable bonds is 9. The van der Waals surface area contributed by atoms with Crippen molar-refractivity contribution >= 4 is 27.6 Å². The topological polar surface area (TPSA) is 117 Å². The molecule has 0 fully saturated rings. The van der Waals surface area contributed by atoms with Crippen molar-refractivity contribution in [3.63, 3.8) is 0 Å². The highest BCUT2D eigenvalue weighted by atomic mass is 32.2. The average molecular weight is 472 g/mol. The zero-order valence-corrected chi connectivity index (χ0v) is 20.3. The maximum Gasteiger partial charge on any atom is 0.338 e. The highest BCUT2D eigenvalue weighted by Crippen LogP contribution is 2.26. The van der Waals surface area contributed by atoms with Crippen LogP contribution in [-0.4, -0.2) is 39.0 Å². The van der Waals surface area contributed by atoms with Crippen LogP contribution in [0.1, 0.15) is 43.6 Å². The molecular formula is C24H29N3O5S. The number of nitrogens with one attached hydrogen (secondary N) is 1. The SMILES string of the molecule is CCN(c1ccccc1)S(=O)(=O)c1cc(C(=O)OCC(=O)NC(C)(C#N)C(C)C)ccc1C. The van der Waals surface area contributed by atoms with Gasteiger partial charge in [0.25, 0.3) is 15.9 Å². The lowest BCUT2D eigenvalue weighted by Crippen LogP contribution is -2.50. The van der Waals surface area contributed by atoms with Gasteiger partial charge < -0.3 is 10.1 Å². The second kappa shape index (κ2) is 10.5. The number of ether oxygens (including phenoxy) is 1. The number of hydrogen-bond acceptors (Lipinski definition) is 6. The third-order valence-corrected chi connectivity index (χ3v) is 7.49. The van der Waals surface area contributed by atoms with Crippen molar-refractivity contribution in [2.24, 2.45) is 5.92 Å².